The molecular formula is C18H22ClNO. The van der Waals surface area contributed by atoms with Gasteiger partial charge in [0.05, 0.1) is 0 Å². The molecule has 0 unspecified atom stereocenters. The summed E-state index contributed by atoms with van der Waals surface area (Å²) in [5, 5.41) is 4.23. The molecule has 1 N–H and O–H groups in total. The predicted molar refractivity (Wildman–Crippen MR) is 88.8 cm³/mol. The maximum atomic E-state index is 5.87. The van der Waals surface area contributed by atoms with Gasteiger partial charge >= 0.3 is 0 Å². The minimum atomic E-state index is 0.101. The fourth-order valence-corrected chi connectivity index (χ4v) is 2.05. The van der Waals surface area contributed by atoms with Crippen molar-refractivity contribution in [2.45, 2.75) is 39.5 Å². The molecule has 0 fully saturated rings. The summed E-state index contributed by atoms with van der Waals surface area (Å²) in [5.41, 5.74) is 2.56. The predicted octanol–water partition coefficient (Wildman–Crippen LogP) is 4.81. The average molecular weight is 304 g/mol. The minimum Gasteiger partial charge on any atom is -0.489 e. The third-order valence-electron chi connectivity index (χ3n) is 3.14. The van der Waals surface area contributed by atoms with E-state index in [1.54, 1.807) is 0 Å². The van der Waals surface area contributed by atoms with Crippen LogP contribution in [-0.2, 0) is 13.2 Å². The van der Waals surface area contributed by atoms with Gasteiger partial charge in [0.25, 0.3) is 0 Å². The van der Waals surface area contributed by atoms with Crippen molar-refractivity contribution in [3.05, 3.63) is 64.7 Å². The van der Waals surface area contributed by atoms with Crippen LogP contribution in [0.25, 0.3) is 0 Å². The summed E-state index contributed by atoms with van der Waals surface area (Å²) in [6.45, 7) is 7.90. The molecule has 2 aromatic rings. The maximum Gasteiger partial charge on any atom is 0.119 e. The Morgan fingerprint density at radius 3 is 2.19 bits per heavy atom. The highest BCUT2D eigenvalue weighted by molar-refractivity contribution is 6.30. The van der Waals surface area contributed by atoms with Crippen molar-refractivity contribution < 1.29 is 4.74 Å². The van der Waals surface area contributed by atoms with Crippen LogP contribution < -0.4 is 10.1 Å². The standard InChI is InChI=1S/C18H22ClNO/c1-18(2,3)20-12-14-6-4-5-7-15(14)13-21-17-10-8-16(19)9-11-17/h4-11,20H,12-13H2,1-3H3. The summed E-state index contributed by atoms with van der Waals surface area (Å²) in [5.74, 6) is 0.831. The molecule has 0 radical (unpaired) electrons. The van der Waals surface area contributed by atoms with Gasteiger partial charge in [-0.05, 0) is 56.2 Å². The number of hydrogen-bond donors (Lipinski definition) is 1. The van der Waals surface area contributed by atoms with E-state index in [-0.39, 0.29) is 5.54 Å². The van der Waals surface area contributed by atoms with Crippen molar-refractivity contribution in [3.8, 4) is 5.75 Å². The van der Waals surface area contributed by atoms with E-state index < -0.39 is 0 Å². The van der Waals surface area contributed by atoms with Crippen LogP contribution in [0.4, 0.5) is 0 Å². The van der Waals surface area contributed by atoms with Gasteiger partial charge in [-0.25, -0.2) is 0 Å². The number of halogens is 1. The van der Waals surface area contributed by atoms with Crippen molar-refractivity contribution in [2.24, 2.45) is 0 Å². The molecule has 0 bridgehead atoms. The molecule has 0 aliphatic heterocycles. The molecule has 2 nitrogen and oxygen atoms in total. The van der Waals surface area contributed by atoms with Crippen molar-refractivity contribution in [3.63, 3.8) is 0 Å². The average Bonchev–Trinajstić information content (AvgIpc) is 2.44. The van der Waals surface area contributed by atoms with Crippen molar-refractivity contribution in [2.75, 3.05) is 0 Å². The first-order valence-electron chi connectivity index (χ1n) is 7.14. The van der Waals surface area contributed by atoms with Gasteiger partial charge in [-0.2, -0.15) is 0 Å². The van der Waals surface area contributed by atoms with Gasteiger partial charge in [0, 0.05) is 17.1 Å². The molecular weight excluding hydrogens is 282 g/mol. The molecule has 2 rings (SSSR count). The number of rotatable bonds is 5. The zero-order valence-corrected chi connectivity index (χ0v) is 13.6. The van der Waals surface area contributed by atoms with Crippen LogP contribution in [0.1, 0.15) is 31.9 Å². The lowest BCUT2D eigenvalue weighted by Crippen LogP contribution is -2.35. The molecule has 0 saturated carbocycles. The smallest absolute Gasteiger partial charge is 0.119 e. The van der Waals surface area contributed by atoms with E-state index in [9.17, 15) is 0 Å². The summed E-state index contributed by atoms with van der Waals surface area (Å²) in [6.07, 6.45) is 0. The van der Waals surface area contributed by atoms with Gasteiger partial charge < -0.3 is 10.1 Å². The molecule has 21 heavy (non-hydrogen) atoms. The second kappa shape index (κ2) is 6.97. The topological polar surface area (TPSA) is 21.3 Å². The Balaban J connectivity index is 2.01. The lowest BCUT2D eigenvalue weighted by molar-refractivity contribution is 0.304. The molecule has 0 atom stereocenters. The molecule has 0 saturated heterocycles. The van der Waals surface area contributed by atoms with Crippen LogP contribution in [-0.4, -0.2) is 5.54 Å². The largest absolute Gasteiger partial charge is 0.489 e. The first kappa shape index (κ1) is 15.9. The van der Waals surface area contributed by atoms with Crippen molar-refractivity contribution in [1.29, 1.82) is 0 Å². The van der Waals surface area contributed by atoms with Gasteiger partial charge in [-0.3, -0.25) is 0 Å². The second-order valence-electron chi connectivity index (χ2n) is 6.11. The van der Waals surface area contributed by atoms with Crippen LogP contribution in [0.15, 0.2) is 48.5 Å². The molecule has 0 aromatic heterocycles. The Hall–Kier alpha value is -1.51. The highest BCUT2D eigenvalue weighted by atomic mass is 35.5. The van der Waals surface area contributed by atoms with E-state index in [1.165, 1.54) is 11.1 Å². The van der Waals surface area contributed by atoms with Gasteiger partial charge in [-0.15, -0.1) is 0 Å². The Morgan fingerprint density at radius 2 is 1.57 bits per heavy atom. The Bertz CT molecular complexity index is 573. The van der Waals surface area contributed by atoms with Crippen molar-refractivity contribution in [1.82, 2.24) is 5.32 Å². The summed E-state index contributed by atoms with van der Waals surface area (Å²) in [7, 11) is 0. The quantitative estimate of drug-likeness (QED) is 0.856. The Kier molecular flexibility index (Phi) is 5.27. The van der Waals surface area contributed by atoms with E-state index in [0.717, 1.165) is 17.3 Å². The van der Waals surface area contributed by atoms with Crippen LogP contribution in [0, 0.1) is 0 Å². The van der Waals surface area contributed by atoms with E-state index in [2.05, 4.69) is 44.3 Å². The van der Waals surface area contributed by atoms with Crippen LogP contribution in [0.2, 0.25) is 5.02 Å². The fourth-order valence-electron chi connectivity index (χ4n) is 1.92. The SMILES string of the molecule is CC(C)(C)NCc1ccccc1COc1ccc(Cl)cc1. The van der Waals surface area contributed by atoms with Gasteiger partial charge in [0.1, 0.15) is 12.4 Å². The van der Waals surface area contributed by atoms with Crippen LogP contribution in [0.3, 0.4) is 0 Å². The normalized spacial score (nSPS) is 11.4. The molecule has 0 spiro atoms. The second-order valence-corrected chi connectivity index (χ2v) is 6.55. The summed E-state index contributed by atoms with van der Waals surface area (Å²) >= 11 is 5.87. The number of benzene rings is 2. The summed E-state index contributed by atoms with van der Waals surface area (Å²) in [4.78, 5) is 0. The molecule has 0 heterocycles. The molecule has 2 aromatic carbocycles. The van der Waals surface area contributed by atoms with Gasteiger partial charge in [0.2, 0.25) is 0 Å². The molecule has 3 heteroatoms. The Labute approximate surface area is 132 Å². The van der Waals surface area contributed by atoms with E-state index >= 15 is 0 Å². The zero-order valence-electron chi connectivity index (χ0n) is 12.8. The van der Waals surface area contributed by atoms with E-state index in [4.69, 9.17) is 16.3 Å². The molecule has 0 aliphatic carbocycles. The van der Waals surface area contributed by atoms with Crippen LogP contribution in [0.5, 0.6) is 5.75 Å². The minimum absolute atomic E-state index is 0.101. The van der Waals surface area contributed by atoms with Crippen molar-refractivity contribution >= 4 is 11.6 Å². The number of hydrogen-bond acceptors (Lipinski definition) is 2. The lowest BCUT2D eigenvalue weighted by atomic mass is 10.1. The van der Waals surface area contributed by atoms with E-state index in [0.29, 0.717) is 6.61 Å². The molecule has 0 amide bonds. The summed E-state index contributed by atoms with van der Waals surface area (Å²) in [6, 6.07) is 15.8. The third-order valence-corrected chi connectivity index (χ3v) is 3.39. The van der Waals surface area contributed by atoms with Crippen LogP contribution >= 0.6 is 11.6 Å². The maximum absolute atomic E-state index is 5.87. The monoisotopic (exact) mass is 303 g/mol. The number of nitrogens with one attached hydrogen (secondary N) is 1. The first-order chi connectivity index (χ1) is 9.94. The molecule has 112 valence electrons. The van der Waals surface area contributed by atoms with Gasteiger partial charge in [-0.1, -0.05) is 35.9 Å². The first-order valence-corrected chi connectivity index (χ1v) is 7.52. The third kappa shape index (κ3) is 5.41. The van der Waals surface area contributed by atoms with Gasteiger partial charge in [0.15, 0.2) is 0 Å². The van der Waals surface area contributed by atoms with E-state index in [1.807, 2.05) is 30.3 Å². The highest BCUT2D eigenvalue weighted by Crippen LogP contribution is 2.18. The lowest BCUT2D eigenvalue weighted by Gasteiger charge is -2.21. The molecule has 0 aliphatic rings. The highest BCUT2D eigenvalue weighted by Gasteiger charge is 2.10. The zero-order chi connectivity index (χ0) is 15.3. The Morgan fingerprint density at radius 1 is 0.952 bits per heavy atom. The summed E-state index contributed by atoms with van der Waals surface area (Å²) < 4.78 is 5.83. The number of ether oxygens (including phenoxy) is 1. The fraction of sp³-hybridized carbons (Fsp3) is 0.333.